The van der Waals surface area contributed by atoms with Crippen LogP contribution < -0.4 is 4.74 Å². The number of phenolic OH excluding ortho intramolecular Hbond substituents is 1. The highest BCUT2D eigenvalue weighted by Gasteiger charge is 2.00. The lowest BCUT2D eigenvalue weighted by atomic mass is 10.1. The normalized spacial score (nSPS) is 9.95. The van der Waals surface area contributed by atoms with E-state index in [4.69, 9.17) is 4.74 Å². The Morgan fingerprint density at radius 3 is 2.67 bits per heavy atom. The number of hydrogen-bond donors (Lipinski definition) is 1. The van der Waals surface area contributed by atoms with E-state index in [1.165, 1.54) is 19.3 Å². The number of aromatic hydroxyl groups is 1. The summed E-state index contributed by atoms with van der Waals surface area (Å²) in [6.07, 6.45) is 3.02. The summed E-state index contributed by atoms with van der Waals surface area (Å²) in [4.78, 5) is 11.7. The first-order valence-electron chi connectivity index (χ1n) is 6.35. The van der Waals surface area contributed by atoms with Crippen molar-refractivity contribution in [2.75, 3.05) is 7.11 Å². The standard InChI is InChI=1S/C18H14O3/c1-21-18-13-15(9-12-17(18)20)8-11-16(19)10-7-14-5-3-2-4-6-14/h2-6,8-9,11-13,20H,1H3. The van der Waals surface area contributed by atoms with Crippen LogP contribution in [-0.4, -0.2) is 18.0 Å². The maximum Gasteiger partial charge on any atom is 0.229 e. The minimum absolute atomic E-state index is 0.0600. The summed E-state index contributed by atoms with van der Waals surface area (Å²) >= 11 is 0. The molecule has 21 heavy (non-hydrogen) atoms. The van der Waals surface area contributed by atoms with E-state index in [1.54, 1.807) is 18.2 Å². The van der Waals surface area contributed by atoms with Crippen LogP contribution in [0.15, 0.2) is 54.6 Å². The third-order valence-electron chi connectivity index (χ3n) is 2.73. The molecule has 0 aliphatic rings. The molecule has 0 bridgehead atoms. The van der Waals surface area contributed by atoms with Crippen molar-refractivity contribution < 1.29 is 14.6 Å². The fourth-order valence-electron chi connectivity index (χ4n) is 1.67. The molecule has 0 heterocycles. The molecule has 2 rings (SSSR count). The van der Waals surface area contributed by atoms with Gasteiger partial charge in [0, 0.05) is 5.56 Å². The molecule has 2 aromatic carbocycles. The van der Waals surface area contributed by atoms with Crippen LogP contribution in [0.1, 0.15) is 11.1 Å². The zero-order valence-electron chi connectivity index (χ0n) is 11.5. The Bertz CT molecular complexity index is 719. The van der Waals surface area contributed by atoms with Crippen molar-refractivity contribution in [2.24, 2.45) is 0 Å². The number of rotatable bonds is 3. The topological polar surface area (TPSA) is 46.5 Å². The van der Waals surface area contributed by atoms with Crippen molar-refractivity contribution in [3.05, 3.63) is 65.7 Å². The molecule has 0 atom stereocenters. The van der Waals surface area contributed by atoms with Gasteiger partial charge in [0.15, 0.2) is 11.5 Å². The van der Waals surface area contributed by atoms with E-state index >= 15 is 0 Å². The van der Waals surface area contributed by atoms with Crippen LogP contribution >= 0.6 is 0 Å². The van der Waals surface area contributed by atoms with Crippen LogP contribution in [0, 0.1) is 11.8 Å². The van der Waals surface area contributed by atoms with Crippen LogP contribution in [0.5, 0.6) is 11.5 Å². The number of ketones is 1. The van der Waals surface area contributed by atoms with Crippen molar-refractivity contribution in [1.29, 1.82) is 0 Å². The lowest BCUT2D eigenvalue weighted by molar-refractivity contribution is -0.109. The third-order valence-corrected chi connectivity index (χ3v) is 2.73. The molecule has 3 heteroatoms. The summed E-state index contributed by atoms with van der Waals surface area (Å²) in [6.45, 7) is 0. The molecule has 0 radical (unpaired) electrons. The number of hydrogen-bond acceptors (Lipinski definition) is 3. The van der Waals surface area contributed by atoms with Gasteiger partial charge in [-0.05, 0) is 41.8 Å². The van der Waals surface area contributed by atoms with E-state index in [0.29, 0.717) is 5.75 Å². The average molecular weight is 278 g/mol. The Kier molecular flexibility index (Phi) is 4.79. The second-order valence-corrected chi connectivity index (χ2v) is 4.24. The zero-order chi connectivity index (χ0) is 15.1. The van der Waals surface area contributed by atoms with Gasteiger partial charge >= 0.3 is 0 Å². The molecule has 0 saturated carbocycles. The van der Waals surface area contributed by atoms with Gasteiger partial charge in [-0.15, -0.1) is 0 Å². The Balaban J connectivity index is 2.08. The lowest BCUT2D eigenvalue weighted by Crippen LogP contribution is -1.87. The first kappa shape index (κ1) is 14.4. The first-order valence-corrected chi connectivity index (χ1v) is 6.35. The van der Waals surface area contributed by atoms with E-state index < -0.39 is 0 Å². The molecule has 0 aliphatic heterocycles. The smallest absolute Gasteiger partial charge is 0.229 e. The third kappa shape index (κ3) is 4.26. The summed E-state index contributed by atoms with van der Waals surface area (Å²) in [5.41, 5.74) is 1.55. The number of methoxy groups -OCH3 is 1. The van der Waals surface area contributed by atoms with Crippen molar-refractivity contribution in [3.63, 3.8) is 0 Å². The highest BCUT2D eigenvalue weighted by molar-refractivity contribution is 6.06. The van der Waals surface area contributed by atoms with Crippen LogP contribution in [0.4, 0.5) is 0 Å². The van der Waals surface area contributed by atoms with Gasteiger partial charge in [0.05, 0.1) is 7.11 Å². The molecular formula is C18H14O3. The fraction of sp³-hybridized carbons (Fsp3) is 0.0556. The minimum Gasteiger partial charge on any atom is -0.504 e. The average Bonchev–Trinajstić information content (AvgIpc) is 2.53. The summed E-state index contributed by atoms with van der Waals surface area (Å²) < 4.78 is 5.00. The molecule has 3 nitrogen and oxygen atoms in total. The van der Waals surface area contributed by atoms with Crippen molar-refractivity contribution in [1.82, 2.24) is 0 Å². The van der Waals surface area contributed by atoms with Crippen LogP contribution in [0.25, 0.3) is 6.08 Å². The molecule has 0 aliphatic carbocycles. The number of carbonyl (C=O) groups excluding carboxylic acids is 1. The van der Waals surface area contributed by atoms with Gasteiger partial charge in [-0.1, -0.05) is 36.3 Å². The summed E-state index contributed by atoms with van der Waals surface area (Å²) in [5, 5.41) is 9.48. The second kappa shape index (κ2) is 6.97. The number of ether oxygens (including phenoxy) is 1. The number of carbonyl (C=O) groups is 1. The Morgan fingerprint density at radius 2 is 1.95 bits per heavy atom. The highest BCUT2D eigenvalue weighted by Crippen LogP contribution is 2.26. The summed E-state index contributed by atoms with van der Waals surface area (Å²) in [6, 6.07) is 14.2. The van der Waals surface area contributed by atoms with E-state index in [0.717, 1.165) is 11.1 Å². The number of allylic oxidation sites excluding steroid dienone is 1. The minimum atomic E-state index is -0.286. The van der Waals surface area contributed by atoms with Crippen LogP contribution in [-0.2, 0) is 4.79 Å². The van der Waals surface area contributed by atoms with Crippen LogP contribution in [0.2, 0.25) is 0 Å². The van der Waals surface area contributed by atoms with Gasteiger partial charge in [-0.25, -0.2) is 0 Å². The van der Waals surface area contributed by atoms with E-state index in [2.05, 4.69) is 11.8 Å². The van der Waals surface area contributed by atoms with Gasteiger partial charge < -0.3 is 9.84 Å². The Labute approximate surface area is 123 Å². The predicted molar refractivity (Wildman–Crippen MR) is 82.0 cm³/mol. The Hall–Kier alpha value is -2.99. The predicted octanol–water partition coefficient (Wildman–Crippen LogP) is 3.03. The SMILES string of the molecule is COc1cc(C=CC(=O)C#Cc2ccccc2)ccc1O. The number of phenols is 1. The molecule has 0 unspecified atom stereocenters. The van der Waals surface area contributed by atoms with Crippen LogP contribution in [0.3, 0.4) is 0 Å². The first-order chi connectivity index (χ1) is 10.2. The van der Waals surface area contributed by atoms with E-state index in [1.807, 2.05) is 30.3 Å². The van der Waals surface area contributed by atoms with Crippen molar-refractivity contribution in [2.45, 2.75) is 0 Å². The largest absolute Gasteiger partial charge is 0.504 e. The molecule has 0 saturated heterocycles. The quantitative estimate of drug-likeness (QED) is 0.693. The maximum absolute atomic E-state index is 11.7. The fourth-order valence-corrected chi connectivity index (χ4v) is 1.67. The second-order valence-electron chi connectivity index (χ2n) is 4.24. The molecule has 0 fully saturated rings. The number of benzene rings is 2. The van der Waals surface area contributed by atoms with Gasteiger partial charge in [0.1, 0.15) is 0 Å². The molecule has 1 N–H and O–H groups in total. The molecule has 104 valence electrons. The molecule has 0 spiro atoms. The summed E-state index contributed by atoms with van der Waals surface area (Å²) in [5.74, 6) is 5.48. The summed E-state index contributed by atoms with van der Waals surface area (Å²) in [7, 11) is 1.47. The molecule has 2 aromatic rings. The molecular weight excluding hydrogens is 264 g/mol. The maximum atomic E-state index is 11.7. The monoisotopic (exact) mass is 278 g/mol. The Morgan fingerprint density at radius 1 is 1.19 bits per heavy atom. The zero-order valence-corrected chi connectivity index (χ0v) is 11.5. The van der Waals surface area contributed by atoms with Gasteiger partial charge in [-0.2, -0.15) is 0 Å². The van der Waals surface area contributed by atoms with Crippen molar-refractivity contribution >= 4 is 11.9 Å². The molecule has 0 amide bonds. The van der Waals surface area contributed by atoms with Gasteiger partial charge in [-0.3, -0.25) is 4.79 Å². The lowest BCUT2D eigenvalue weighted by Gasteiger charge is -2.03. The van der Waals surface area contributed by atoms with Gasteiger partial charge in [0.25, 0.3) is 0 Å². The van der Waals surface area contributed by atoms with Gasteiger partial charge in [0.2, 0.25) is 5.78 Å². The highest BCUT2D eigenvalue weighted by atomic mass is 16.5. The van der Waals surface area contributed by atoms with E-state index in [-0.39, 0.29) is 11.5 Å². The van der Waals surface area contributed by atoms with E-state index in [9.17, 15) is 9.90 Å². The van der Waals surface area contributed by atoms with Crippen molar-refractivity contribution in [3.8, 4) is 23.3 Å². The molecule has 0 aromatic heterocycles.